The van der Waals surface area contributed by atoms with E-state index >= 15 is 0 Å². The van der Waals surface area contributed by atoms with Gasteiger partial charge in [-0.1, -0.05) is 62.7 Å². The number of amidine groups is 1. The number of allylic oxidation sites excluding steroid dienone is 1. The number of hydrogen-bond acceptors (Lipinski definition) is 3. The van der Waals surface area contributed by atoms with Crippen molar-refractivity contribution in [1.29, 1.82) is 0 Å². The Labute approximate surface area is 273 Å². The van der Waals surface area contributed by atoms with Gasteiger partial charge in [0.2, 0.25) is 0 Å². The third-order valence-corrected chi connectivity index (χ3v) is 12.9. The van der Waals surface area contributed by atoms with Crippen LogP contribution in [0.15, 0.2) is 55.4 Å². The van der Waals surface area contributed by atoms with E-state index in [-0.39, 0.29) is 20.7 Å². The maximum atomic E-state index is 15.0. The van der Waals surface area contributed by atoms with Crippen molar-refractivity contribution in [2.75, 3.05) is 19.3 Å². The molecule has 0 spiro atoms. The van der Waals surface area contributed by atoms with Crippen LogP contribution in [0.25, 0.3) is 10.8 Å². The lowest BCUT2D eigenvalue weighted by Crippen LogP contribution is -2.36. The summed E-state index contributed by atoms with van der Waals surface area (Å²) in [6.45, 7) is 1.31. The highest BCUT2D eigenvalue weighted by Crippen LogP contribution is 2.41. The van der Waals surface area contributed by atoms with E-state index in [4.69, 9.17) is 16.6 Å². The lowest BCUT2D eigenvalue weighted by atomic mass is 9.87. The molecular weight excluding hydrogens is 723 g/mol. The molecule has 234 valence electrons. The Morgan fingerprint density at radius 3 is 2.27 bits per heavy atom. The molecule has 44 heavy (non-hydrogen) atoms. The van der Waals surface area contributed by atoms with Crippen LogP contribution in [0.3, 0.4) is 0 Å². The smallest absolute Gasteiger partial charge is 0.178 e. The Morgan fingerprint density at radius 1 is 0.932 bits per heavy atom. The minimum Gasteiger partial charge on any atom is -0.356 e. The molecule has 1 saturated heterocycles. The van der Waals surface area contributed by atoms with Crippen LogP contribution in [0.2, 0.25) is 5.02 Å². The molecule has 2 heterocycles. The van der Waals surface area contributed by atoms with E-state index in [1.54, 1.807) is 3.58 Å². The van der Waals surface area contributed by atoms with Crippen LogP contribution >= 0.6 is 32.3 Å². The normalized spacial score (nSPS) is 20.8. The lowest BCUT2D eigenvalue weighted by Gasteiger charge is -2.33. The van der Waals surface area contributed by atoms with Crippen molar-refractivity contribution in [2.45, 2.75) is 68.6 Å². The lowest BCUT2D eigenvalue weighted by molar-refractivity contribution is 0.327. The zero-order chi connectivity index (χ0) is 31.0. The van der Waals surface area contributed by atoms with E-state index in [0.717, 1.165) is 54.6 Å². The SMILES string of the molecule is CS(=O)c1c(F)c(F)c(C2CCCN(C3=NC=IC4=C3CCC(Cc3cccc5cccc(Cl)c35)CC4)CCC2)c(F)c1F. The molecule has 2 atom stereocenters. The number of halogens is 6. The van der Waals surface area contributed by atoms with E-state index in [2.05, 4.69) is 33.3 Å². The van der Waals surface area contributed by atoms with Gasteiger partial charge in [0.1, 0.15) is 10.7 Å². The number of aliphatic imine (C=N–C) groups is 1. The first-order valence-electron chi connectivity index (χ1n) is 15.1. The van der Waals surface area contributed by atoms with Gasteiger partial charge in [0, 0.05) is 40.9 Å². The molecule has 0 N–H and O–H groups in total. The zero-order valence-corrected chi connectivity index (χ0v) is 28.2. The molecule has 0 bridgehead atoms. The largest absolute Gasteiger partial charge is 0.356 e. The first kappa shape index (κ1) is 31.9. The summed E-state index contributed by atoms with van der Waals surface area (Å²) in [6.07, 6.45) is 8.26. The highest BCUT2D eigenvalue weighted by atomic mass is 127. The average Bonchev–Trinajstić information content (AvgIpc) is 3.20. The molecule has 3 aliphatic rings. The second-order valence-corrected chi connectivity index (χ2v) is 16.1. The summed E-state index contributed by atoms with van der Waals surface area (Å²) in [5.41, 5.74) is 2.12. The summed E-state index contributed by atoms with van der Waals surface area (Å²) in [6, 6.07) is 12.5. The van der Waals surface area contributed by atoms with Crippen LogP contribution in [-0.4, -0.2) is 38.4 Å². The van der Waals surface area contributed by atoms with E-state index in [1.165, 1.54) is 16.5 Å². The van der Waals surface area contributed by atoms with E-state index in [0.29, 0.717) is 44.7 Å². The minimum absolute atomic E-state index is 0.257. The summed E-state index contributed by atoms with van der Waals surface area (Å²) < 4.78 is 74.6. The van der Waals surface area contributed by atoms with E-state index in [1.807, 2.05) is 12.1 Å². The number of benzene rings is 3. The van der Waals surface area contributed by atoms with Crippen LogP contribution in [-0.2, 0) is 17.2 Å². The highest BCUT2D eigenvalue weighted by molar-refractivity contribution is 14.2. The number of rotatable bonds is 4. The van der Waals surface area contributed by atoms with Gasteiger partial charge in [-0.3, -0.25) is 4.21 Å². The summed E-state index contributed by atoms with van der Waals surface area (Å²) in [4.78, 5) is 6.17. The highest BCUT2D eigenvalue weighted by Gasteiger charge is 2.33. The van der Waals surface area contributed by atoms with Crippen molar-refractivity contribution in [2.24, 2.45) is 10.9 Å². The van der Waals surface area contributed by atoms with E-state index < -0.39 is 50.4 Å². The topological polar surface area (TPSA) is 32.7 Å². The van der Waals surface area contributed by atoms with Crippen LogP contribution in [0.5, 0.6) is 0 Å². The van der Waals surface area contributed by atoms with Gasteiger partial charge < -0.3 is 4.90 Å². The fourth-order valence-corrected chi connectivity index (χ4v) is 10.3. The van der Waals surface area contributed by atoms with Crippen LogP contribution in [0, 0.1) is 29.2 Å². The van der Waals surface area contributed by atoms with Crippen molar-refractivity contribution in [3.63, 3.8) is 0 Å². The predicted molar refractivity (Wildman–Crippen MR) is 181 cm³/mol. The molecule has 2 unspecified atom stereocenters. The van der Waals surface area contributed by atoms with Gasteiger partial charge >= 0.3 is 0 Å². The second kappa shape index (κ2) is 13.7. The first-order chi connectivity index (χ1) is 21.2. The Balaban J connectivity index is 1.14. The molecule has 3 aromatic carbocycles. The molecule has 3 nitrogen and oxygen atoms in total. The molecule has 0 radical (unpaired) electrons. The third-order valence-electron chi connectivity index (χ3n) is 9.19. The molecule has 0 aromatic heterocycles. The molecule has 1 fully saturated rings. The monoisotopic (exact) mass is 756 g/mol. The van der Waals surface area contributed by atoms with E-state index in [9.17, 15) is 21.8 Å². The Hall–Kier alpha value is -2.11. The second-order valence-electron chi connectivity index (χ2n) is 11.9. The van der Waals surface area contributed by atoms with Crippen molar-refractivity contribution in [3.05, 3.63) is 85.0 Å². The van der Waals surface area contributed by atoms with Crippen molar-refractivity contribution in [1.82, 2.24) is 4.90 Å². The van der Waals surface area contributed by atoms with Gasteiger partial charge in [0.05, 0.1) is 14.9 Å². The molecule has 0 amide bonds. The fraction of sp³-hybridized carbons (Fsp3) is 0.412. The number of hydrogen-bond donors (Lipinski definition) is 0. The molecule has 0 saturated carbocycles. The number of likely N-dealkylation sites (tertiary alicyclic amines) is 1. The van der Waals surface area contributed by atoms with Crippen molar-refractivity contribution >= 4 is 63.9 Å². The summed E-state index contributed by atoms with van der Waals surface area (Å²) in [5.74, 6) is -5.00. The Bertz CT molecular complexity index is 1680. The summed E-state index contributed by atoms with van der Waals surface area (Å²) >= 11 is 6.36. The predicted octanol–water partition coefficient (Wildman–Crippen LogP) is 9.58. The summed E-state index contributed by atoms with van der Waals surface area (Å²) in [7, 11) is -2.18. The van der Waals surface area contributed by atoms with Crippen LogP contribution in [0.4, 0.5) is 17.6 Å². The minimum atomic E-state index is -2.18. The molecule has 6 rings (SSSR count). The molecule has 3 aromatic rings. The van der Waals surface area contributed by atoms with Crippen LogP contribution < -0.4 is 0 Å². The van der Waals surface area contributed by atoms with Crippen LogP contribution in [0.1, 0.15) is 68.4 Å². The maximum Gasteiger partial charge on any atom is 0.178 e. The molecule has 1 aliphatic carbocycles. The Kier molecular flexibility index (Phi) is 9.93. The number of fused-ring (bicyclic) bond motifs is 1. The molecule has 10 heteroatoms. The van der Waals surface area contributed by atoms with Gasteiger partial charge in [-0.15, -0.1) is 0 Å². The Morgan fingerprint density at radius 2 is 1.59 bits per heavy atom. The standard InChI is InChI=1S/C34H34ClF4IN2OS/c1-44(43)33-31(38)29(36)28(30(37)32(33)39)22-9-4-16-42(17-5-10-22)34-24-14-12-20(13-15-26(24)40-19-41-34)18-23-8-2-6-21-7-3-11-25(35)27(21)23/h2-3,6-8,11,19-20,22H,4-5,9-10,12-18H2,1H3. The van der Waals surface area contributed by atoms with Crippen molar-refractivity contribution in [3.8, 4) is 0 Å². The molecular formula is C34H34ClF4IN2OS. The summed E-state index contributed by atoms with van der Waals surface area (Å²) in [5, 5.41) is 3.13. The van der Waals surface area contributed by atoms with Gasteiger partial charge in [-0.2, -0.15) is 0 Å². The van der Waals surface area contributed by atoms with Gasteiger partial charge in [0.25, 0.3) is 0 Å². The average molecular weight is 757 g/mol. The molecule has 2 aliphatic heterocycles. The van der Waals surface area contributed by atoms with Gasteiger partial charge in [-0.25, -0.2) is 22.6 Å². The first-order valence-corrected chi connectivity index (χ1v) is 19.4. The number of nitrogens with zero attached hydrogens (tertiary/aromatic N) is 2. The van der Waals surface area contributed by atoms with Gasteiger partial charge in [0.15, 0.2) is 23.3 Å². The zero-order valence-electron chi connectivity index (χ0n) is 24.5. The third kappa shape index (κ3) is 6.30. The fourth-order valence-electron chi connectivity index (χ4n) is 7.05. The van der Waals surface area contributed by atoms with Crippen molar-refractivity contribution < 1.29 is 21.8 Å². The maximum absolute atomic E-state index is 15.0. The van der Waals surface area contributed by atoms with Gasteiger partial charge in [-0.05, 0) is 90.2 Å². The quantitative estimate of drug-likeness (QED) is 0.151.